The van der Waals surface area contributed by atoms with Crippen molar-refractivity contribution in [1.29, 1.82) is 0 Å². The molecule has 0 aliphatic heterocycles. The van der Waals surface area contributed by atoms with Gasteiger partial charge < -0.3 is 11.1 Å². The Balaban J connectivity index is 0.00000220. The molecule has 1 heterocycles. The van der Waals surface area contributed by atoms with Crippen LogP contribution in [0, 0.1) is 6.92 Å². The van der Waals surface area contributed by atoms with Crippen LogP contribution in [0.3, 0.4) is 0 Å². The molecule has 0 amide bonds. The molecule has 21 heavy (non-hydrogen) atoms. The fraction of sp³-hybridized carbons (Fsp3) is 0.733. The van der Waals surface area contributed by atoms with Crippen LogP contribution in [0.1, 0.15) is 55.6 Å². The van der Waals surface area contributed by atoms with Crippen LogP contribution < -0.4 is 11.1 Å². The van der Waals surface area contributed by atoms with E-state index in [2.05, 4.69) is 20.7 Å². The van der Waals surface area contributed by atoms with Crippen LogP contribution >= 0.6 is 35.3 Å². The number of rotatable bonds is 5. The number of aryl methyl sites for hydroxylation is 2. The molecule has 0 saturated heterocycles. The van der Waals surface area contributed by atoms with Gasteiger partial charge in [-0.15, -0.1) is 35.3 Å². The molecule has 1 fully saturated rings. The number of aliphatic imine (C=N–C) groups is 1. The molecule has 0 atom stereocenters. The van der Waals surface area contributed by atoms with Gasteiger partial charge >= 0.3 is 0 Å². The van der Waals surface area contributed by atoms with E-state index in [1.807, 2.05) is 6.92 Å². The fourth-order valence-corrected chi connectivity index (χ4v) is 3.44. The van der Waals surface area contributed by atoms with Gasteiger partial charge in [0.2, 0.25) is 0 Å². The summed E-state index contributed by atoms with van der Waals surface area (Å²) in [4.78, 5) is 8.89. The number of thiazole rings is 1. The molecule has 0 bridgehead atoms. The van der Waals surface area contributed by atoms with Crippen molar-refractivity contribution in [3.05, 3.63) is 16.1 Å². The first-order valence-electron chi connectivity index (χ1n) is 7.71. The van der Waals surface area contributed by atoms with Gasteiger partial charge in [-0.25, -0.2) is 4.98 Å². The van der Waals surface area contributed by atoms with Crippen LogP contribution in [0.5, 0.6) is 0 Å². The maximum Gasteiger partial charge on any atom is 0.188 e. The Morgan fingerprint density at radius 2 is 2.10 bits per heavy atom. The summed E-state index contributed by atoms with van der Waals surface area (Å²) in [5.41, 5.74) is 7.08. The van der Waals surface area contributed by atoms with Crippen molar-refractivity contribution in [3.63, 3.8) is 0 Å². The molecule has 0 unspecified atom stereocenters. The predicted molar refractivity (Wildman–Crippen MR) is 102 cm³/mol. The standard InChI is InChI=1S/C15H26N4S.HI/c1-12-11-20-14(18-12)9-6-10-17-15(16)19-13-7-4-2-3-5-8-13;/h11,13H,2-10H2,1H3,(H3,16,17,19);1H. The van der Waals surface area contributed by atoms with E-state index in [0.29, 0.717) is 12.0 Å². The van der Waals surface area contributed by atoms with Crippen LogP contribution in [-0.2, 0) is 6.42 Å². The first kappa shape index (κ1) is 18.7. The molecule has 1 aliphatic rings. The van der Waals surface area contributed by atoms with Gasteiger partial charge in [-0.3, -0.25) is 4.99 Å². The van der Waals surface area contributed by atoms with E-state index < -0.39 is 0 Å². The van der Waals surface area contributed by atoms with Gasteiger partial charge in [-0.05, 0) is 26.2 Å². The van der Waals surface area contributed by atoms with E-state index in [0.717, 1.165) is 25.1 Å². The lowest BCUT2D eigenvalue weighted by molar-refractivity contribution is 0.530. The maximum atomic E-state index is 5.96. The van der Waals surface area contributed by atoms with Crippen molar-refractivity contribution >= 4 is 41.3 Å². The molecule has 0 aromatic carbocycles. The Hall–Kier alpha value is -0.370. The molecule has 1 saturated carbocycles. The van der Waals surface area contributed by atoms with E-state index in [9.17, 15) is 0 Å². The van der Waals surface area contributed by atoms with E-state index in [4.69, 9.17) is 5.73 Å². The number of halogens is 1. The minimum atomic E-state index is 0. The minimum Gasteiger partial charge on any atom is -0.370 e. The fourth-order valence-electron chi connectivity index (χ4n) is 2.63. The average Bonchev–Trinajstić information content (AvgIpc) is 2.68. The molecular formula is C15H27IN4S. The number of guanidine groups is 1. The summed E-state index contributed by atoms with van der Waals surface area (Å²) >= 11 is 1.73. The maximum absolute atomic E-state index is 5.96. The van der Waals surface area contributed by atoms with Gasteiger partial charge in [0.05, 0.1) is 5.01 Å². The van der Waals surface area contributed by atoms with E-state index in [-0.39, 0.29) is 24.0 Å². The summed E-state index contributed by atoms with van der Waals surface area (Å²) in [5.74, 6) is 0.618. The van der Waals surface area contributed by atoms with Gasteiger partial charge in [-0.2, -0.15) is 0 Å². The van der Waals surface area contributed by atoms with Crippen molar-refractivity contribution in [2.75, 3.05) is 6.54 Å². The number of nitrogens with two attached hydrogens (primary N) is 1. The van der Waals surface area contributed by atoms with Gasteiger partial charge in [-0.1, -0.05) is 25.7 Å². The van der Waals surface area contributed by atoms with Crippen LogP contribution in [0.15, 0.2) is 10.4 Å². The molecular weight excluding hydrogens is 395 g/mol. The lowest BCUT2D eigenvalue weighted by Gasteiger charge is -2.16. The zero-order valence-electron chi connectivity index (χ0n) is 12.8. The number of hydrogen-bond donors (Lipinski definition) is 2. The number of nitrogens with one attached hydrogen (secondary N) is 1. The highest BCUT2D eigenvalue weighted by Gasteiger charge is 2.12. The summed E-state index contributed by atoms with van der Waals surface area (Å²) < 4.78 is 0. The lowest BCUT2D eigenvalue weighted by Crippen LogP contribution is -2.39. The third kappa shape index (κ3) is 7.44. The zero-order valence-corrected chi connectivity index (χ0v) is 16.0. The Labute approximate surface area is 149 Å². The first-order valence-corrected chi connectivity index (χ1v) is 8.59. The number of aromatic nitrogens is 1. The highest BCUT2D eigenvalue weighted by molar-refractivity contribution is 14.0. The Morgan fingerprint density at radius 1 is 1.38 bits per heavy atom. The topological polar surface area (TPSA) is 63.3 Å². The molecule has 1 aromatic heterocycles. The van der Waals surface area contributed by atoms with Gasteiger partial charge in [0.1, 0.15) is 0 Å². The molecule has 6 heteroatoms. The molecule has 1 aliphatic carbocycles. The second-order valence-electron chi connectivity index (χ2n) is 5.59. The van der Waals surface area contributed by atoms with Gasteiger partial charge in [0, 0.05) is 30.1 Å². The molecule has 120 valence electrons. The SMILES string of the molecule is Cc1csc(CCCN=C(N)NC2CCCCCC2)n1.I. The zero-order chi connectivity index (χ0) is 14.2. The summed E-state index contributed by atoms with van der Waals surface area (Å²) in [7, 11) is 0. The molecule has 3 N–H and O–H groups in total. The molecule has 1 aromatic rings. The number of hydrogen-bond acceptors (Lipinski definition) is 3. The van der Waals surface area contributed by atoms with Crippen molar-refractivity contribution in [3.8, 4) is 0 Å². The van der Waals surface area contributed by atoms with Crippen LogP contribution in [0.25, 0.3) is 0 Å². The lowest BCUT2D eigenvalue weighted by atomic mass is 10.1. The third-order valence-corrected chi connectivity index (χ3v) is 4.73. The summed E-state index contributed by atoms with van der Waals surface area (Å²) in [6.45, 7) is 2.82. The highest BCUT2D eigenvalue weighted by Crippen LogP contribution is 2.17. The smallest absolute Gasteiger partial charge is 0.188 e. The largest absolute Gasteiger partial charge is 0.370 e. The second kappa shape index (κ2) is 10.4. The van der Waals surface area contributed by atoms with Crippen LogP contribution in [-0.4, -0.2) is 23.5 Å². The van der Waals surface area contributed by atoms with E-state index in [1.54, 1.807) is 11.3 Å². The Morgan fingerprint density at radius 3 is 2.71 bits per heavy atom. The summed E-state index contributed by atoms with van der Waals surface area (Å²) in [5, 5.41) is 6.68. The normalized spacial score (nSPS) is 17.1. The Kier molecular flexibility index (Phi) is 9.23. The summed E-state index contributed by atoms with van der Waals surface area (Å²) in [6.07, 6.45) is 9.83. The molecule has 0 spiro atoms. The highest BCUT2D eigenvalue weighted by atomic mass is 127. The average molecular weight is 422 g/mol. The molecule has 0 radical (unpaired) electrons. The predicted octanol–water partition coefficient (Wildman–Crippen LogP) is 3.63. The van der Waals surface area contributed by atoms with E-state index in [1.165, 1.54) is 43.5 Å². The molecule has 4 nitrogen and oxygen atoms in total. The van der Waals surface area contributed by atoms with Crippen molar-refractivity contribution < 1.29 is 0 Å². The van der Waals surface area contributed by atoms with Crippen LogP contribution in [0.2, 0.25) is 0 Å². The molecule has 2 rings (SSSR count). The second-order valence-corrected chi connectivity index (χ2v) is 6.53. The monoisotopic (exact) mass is 422 g/mol. The quantitative estimate of drug-likeness (QED) is 0.251. The Bertz CT molecular complexity index is 425. The van der Waals surface area contributed by atoms with Gasteiger partial charge in [0.15, 0.2) is 5.96 Å². The first-order chi connectivity index (χ1) is 9.74. The van der Waals surface area contributed by atoms with Crippen molar-refractivity contribution in [2.45, 2.75) is 64.3 Å². The van der Waals surface area contributed by atoms with Crippen LogP contribution in [0.4, 0.5) is 0 Å². The number of nitrogens with zero attached hydrogens (tertiary/aromatic N) is 2. The van der Waals surface area contributed by atoms with Crippen molar-refractivity contribution in [2.24, 2.45) is 10.7 Å². The van der Waals surface area contributed by atoms with Crippen molar-refractivity contribution in [1.82, 2.24) is 10.3 Å². The summed E-state index contributed by atoms with van der Waals surface area (Å²) in [6, 6.07) is 0.530. The minimum absolute atomic E-state index is 0. The van der Waals surface area contributed by atoms with Gasteiger partial charge in [0.25, 0.3) is 0 Å². The van der Waals surface area contributed by atoms with E-state index >= 15 is 0 Å². The third-order valence-electron chi connectivity index (χ3n) is 3.70.